The molecule has 0 aliphatic heterocycles. The van der Waals surface area contributed by atoms with E-state index < -0.39 is 0 Å². The van der Waals surface area contributed by atoms with E-state index in [1.165, 1.54) is 113 Å². The minimum Gasteiger partial charge on any atom is -0.310 e. The number of benzene rings is 5. The molecule has 6 unspecified atom stereocenters. The number of fused-ring (bicyclic) bond motifs is 10. The highest BCUT2D eigenvalue weighted by molar-refractivity contribution is 5.88. The van der Waals surface area contributed by atoms with Gasteiger partial charge in [-0.05, 0) is 194 Å². The van der Waals surface area contributed by atoms with E-state index in [0.717, 1.165) is 23.7 Å². The Hall–Kier alpha value is -4.10. The zero-order chi connectivity index (χ0) is 39.1. The van der Waals surface area contributed by atoms with Crippen molar-refractivity contribution in [2.75, 3.05) is 4.90 Å². The van der Waals surface area contributed by atoms with E-state index in [1.54, 1.807) is 11.1 Å². The van der Waals surface area contributed by atoms with Crippen molar-refractivity contribution in [1.29, 1.82) is 0 Å². The lowest BCUT2D eigenvalue weighted by Gasteiger charge is -2.76. The van der Waals surface area contributed by atoms with Gasteiger partial charge in [0.1, 0.15) is 0 Å². The van der Waals surface area contributed by atoms with Crippen LogP contribution in [0.1, 0.15) is 140 Å². The Labute approximate surface area is 342 Å². The minimum absolute atomic E-state index is 0.137. The van der Waals surface area contributed by atoms with Crippen LogP contribution < -0.4 is 4.90 Å². The van der Waals surface area contributed by atoms with Crippen molar-refractivity contribution in [2.45, 2.75) is 134 Å². The molecule has 7 aliphatic carbocycles. The van der Waals surface area contributed by atoms with Crippen LogP contribution in [0.15, 0.2) is 103 Å². The van der Waals surface area contributed by atoms with Gasteiger partial charge in [0.15, 0.2) is 0 Å². The van der Waals surface area contributed by atoms with E-state index in [2.05, 4.69) is 163 Å². The molecule has 0 saturated heterocycles. The third-order valence-electron chi connectivity index (χ3n) is 18.3. The second-order valence-corrected chi connectivity index (χ2v) is 22.7. The summed E-state index contributed by atoms with van der Waals surface area (Å²) in [4.78, 5) is 2.61. The van der Waals surface area contributed by atoms with E-state index in [1.807, 2.05) is 0 Å². The van der Waals surface area contributed by atoms with Gasteiger partial charge in [0.05, 0.1) is 0 Å². The Morgan fingerprint density at radius 2 is 0.965 bits per heavy atom. The summed E-state index contributed by atoms with van der Waals surface area (Å²) in [6, 6.07) is 41.6. The summed E-state index contributed by atoms with van der Waals surface area (Å²) in [6.07, 6.45) is 10.8. The predicted molar refractivity (Wildman–Crippen MR) is 238 cm³/mol. The number of hydrogen-bond acceptors (Lipinski definition) is 1. The first-order chi connectivity index (χ1) is 27.1. The van der Waals surface area contributed by atoms with Crippen molar-refractivity contribution in [2.24, 2.45) is 29.1 Å². The van der Waals surface area contributed by atoms with E-state index in [9.17, 15) is 0 Å². The fraction of sp³-hybridized carbons (Fsp3) is 0.464. The Morgan fingerprint density at radius 3 is 1.65 bits per heavy atom. The van der Waals surface area contributed by atoms with Crippen LogP contribution >= 0.6 is 0 Å². The van der Waals surface area contributed by atoms with Crippen molar-refractivity contribution in [3.05, 3.63) is 137 Å². The third-order valence-corrected chi connectivity index (χ3v) is 18.3. The van der Waals surface area contributed by atoms with Crippen molar-refractivity contribution in [3.63, 3.8) is 0 Å². The summed E-state index contributed by atoms with van der Waals surface area (Å²) < 4.78 is 0. The zero-order valence-electron chi connectivity index (χ0n) is 35.7. The van der Waals surface area contributed by atoms with Gasteiger partial charge in [-0.25, -0.2) is 0 Å². The van der Waals surface area contributed by atoms with Gasteiger partial charge in [-0.15, -0.1) is 0 Å². The molecule has 57 heavy (non-hydrogen) atoms. The maximum atomic E-state index is 2.68. The second-order valence-electron chi connectivity index (χ2n) is 22.7. The zero-order valence-corrected chi connectivity index (χ0v) is 35.7. The summed E-state index contributed by atoms with van der Waals surface area (Å²) in [6.45, 7) is 19.6. The van der Waals surface area contributed by atoms with Gasteiger partial charge >= 0.3 is 0 Å². The lowest BCUT2D eigenvalue weighted by Crippen LogP contribution is -2.73. The molecule has 0 amide bonds. The SMILES string of the molecule is CC1(C)CCC(C)(C)c2cc(-c3ccc(N(c4ccc5c(c4)C(C)(C)CCC5(C)C)c4ccc5c(c4)C4(c6ccccc6-5)C5CC6CC7CC4C75C6)cc3)ccc21. The number of hydrogen-bond donors (Lipinski definition) is 0. The van der Waals surface area contributed by atoms with Crippen LogP contribution in [0.2, 0.25) is 0 Å². The van der Waals surface area contributed by atoms with E-state index in [-0.39, 0.29) is 27.1 Å². The Balaban J connectivity index is 1.01. The molecule has 1 nitrogen and oxygen atoms in total. The van der Waals surface area contributed by atoms with Gasteiger partial charge in [-0.3, -0.25) is 0 Å². The average molecular weight is 748 g/mol. The lowest BCUT2D eigenvalue weighted by atomic mass is 9.27. The highest BCUT2D eigenvalue weighted by Crippen LogP contribution is 2.89. The van der Waals surface area contributed by atoms with Gasteiger partial charge in [0, 0.05) is 22.5 Å². The first-order valence-electron chi connectivity index (χ1n) is 22.6. The molecule has 5 aromatic carbocycles. The Morgan fingerprint density at radius 1 is 0.439 bits per heavy atom. The Bertz CT molecular complexity index is 2530. The van der Waals surface area contributed by atoms with Crippen LogP contribution in [0.5, 0.6) is 0 Å². The summed E-state index contributed by atoms with van der Waals surface area (Å²) in [5.74, 6) is 3.55. The maximum Gasteiger partial charge on any atom is 0.0465 e. The smallest absolute Gasteiger partial charge is 0.0465 e. The number of nitrogens with zero attached hydrogens (tertiary/aromatic N) is 1. The number of anilines is 3. The average Bonchev–Trinajstić information content (AvgIpc) is 3.83. The van der Waals surface area contributed by atoms with Crippen molar-refractivity contribution >= 4 is 17.1 Å². The summed E-state index contributed by atoms with van der Waals surface area (Å²) in [7, 11) is 0. The van der Waals surface area contributed by atoms with Gasteiger partial charge in [0.25, 0.3) is 0 Å². The summed E-state index contributed by atoms with van der Waals surface area (Å²) in [5, 5.41) is 0. The van der Waals surface area contributed by atoms with Crippen molar-refractivity contribution in [1.82, 2.24) is 0 Å². The molecule has 4 saturated carbocycles. The largest absolute Gasteiger partial charge is 0.310 e. The van der Waals surface area contributed by atoms with Crippen molar-refractivity contribution < 1.29 is 0 Å². The molecule has 4 fully saturated rings. The fourth-order valence-electron chi connectivity index (χ4n) is 15.2. The van der Waals surface area contributed by atoms with Crippen LogP contribution in [-0.4, -0.2) is 0 Å². The molecule has 5 aromatic rings. The van der Waals surface area contributed by atoms with Gasteiger partial charge in [0.2, 0.25) is 0 Å². The van der Waals surface area contributed by atoms with Crippen LogP contribution in [0, 0.1) is 29.1 Å². The van der Waals surface area contributed by atoms with Crippen LogP contribution in [0.25, 0.3) is 22.3 Å². The lowest BCUT2D eigenvalue weighted by molar-refractivity contribution is -0.231. The standard InChI is InChI=1S/C56H61N/c1-51(2)23-25-53(5,6)47-29-36(15-21-44(47)51)35-13-16-38(17-14-35)57(40-19-22-45-48(32-40)54(7,8)26-24-52(45,3)4)39-18-20-42-41-11-9-10-12-43(41)56(46(42)31-39)49-28-34-27-37-30-50(56)55(37,49)33-34/h9-22,29,31-32,34,37,49-50H,23-28,30,33H2,1-8H3. The molecule has 2 bridgehead atoms. The topological polar surface area (TPSA) is 3.24 Å². The highest BCUT2D eigenvalue weighted by atomic mass is 15.1. The minimum atomic E-state index is 0.137. The van der Waals surface area contributed by atoms with E-state index >= 15 is 0 Å². The molecule has 1 heteroatoms. The van der Waals surface area contributed by atoms with Crippen LogP contribution in [0.4, 0.5) is 17.1 Å². The van der Waals surface area contributed by atoms with E-state index in [0.29, 0.717) is 5.41 Å². The van der Waals surface area contributed by atoms with Crippen LogP contribution in [0.3, 0.4) is 0 Å². The van der Waals surface area contributed by atoms with E-state index in [4.69, 9.17) is 0 Å². The predicted octanol–water partition coefficient (Wildman–Crippen LogP) is 14.9. The summed E-state index contributed by atoms with van der Waals surface area (Å²) >= 11 is 0. The molecule has 6 atom stereocenters. The molecule has 0 radical (unpaired) electrons. The molecule has 0 heterocycles. The normalized spacial score (nSPS) is 31.6. The Kier molecular flexibility index (Phi) is 6.69. The van der Waals surface area contributed by atoms with Crippen LogP contribution in [-0.2, 0) is 27.1 Å². The quantitative estimate of drug-likeness (QED) is 0.177. The van der Waals surface area contributed by atoms with Crippen molar-refractivity contribution in [3.8, 4) is 22.3 Å². The maximum absolute atomic E-state index is 2.68. The molecular weight excluding hydrogens is 687 g/mol. The highest BCUT2D eigenvalue weighted by Gasteiger charge is 2.84. The first-order valence-corrected chi connectivity index (χ1v) is 22.6. The third kappa shape index (κ3) is 4.32. The van der Waals surface area contributed by atoms with Gasteiger partial charge in [-0.2, -0.15) is 0 Å². The number of rotatable bonds is 4. The molecule has 2 spiro atoms. The fourth-order valence-corrected chi connectivity index (χ4v) is 15.2. The monoisotopic (exact) mass is 747 g/mol. The summed E-state index contributed by atoms with van der Waals surface area (Å²) in [5.41, 5.74) is 20.4. The molecular formula is C56H61N. The molecule has 7 aliphatic rings. The molecule has 0 aromatic heterocycles. The van der Waals surface area contributed by atoms with Gasteiger partial charge in [-0.1, -0.05) is 122 Å². The molecule has 12 rings (SSSR count). The molecule has 290 valence electrons. The first kappa shape index (κ1) is 34.9. The van der Waals surface area contributed by atoms with Gasteiger partial charge < -0.3 is 4.90 Å². The molecule has 0 N–H and O–H groups in total. The second kappa shape index (κ2) is 10.9.